The van der Waals surface area contributed by atoms with Crippen LogP contribution in [0.15, 0.2) is 34.6 Å². The molecule has 0 atom stereocenters. The number of nitrogens with zero attached hydrogens (tertiary/aromatic N) is 4. The zero-order valence-electron chi connectivity index (χ0n) is 16.3. The van der Waals surface area contributed by atoms with E-state index in [1.54, 1.807) is 30.8 Å². The van der Waals surface area contributed by atoms with Gasteiger partial charge in [0.1, 0.15) is 12.1 Å². The number of ether oxygens (including phenoxy) is 1. The number of anilines is 1. The van der Waals surface area contributed by atoms with Crippen LogP contribution in [0.5, 0.6) is 5.75 Å². The molecule has 0 fully saturated rings. The fourth-order valence-electron chi connectivity index (χ4n) is 2.39. The quantitative estimate of drug-likeness (QED) is 0.453. The number of nitrogens with one attached hydrogen (secondary N) is 1. The number of aromatic nitrogens is 4. The molecule has 0 spiro atoms. The molecule has 3 aromatic rings. The van der Waals surface area contributed by atoms with Crippen LogP contribution < -0.4 is 15.2 Å². The summed E-state index contributed by atoms with van der Waals surface area (Å²) in [4.78, 5) is 14.2. The fraction of sp³-hybridized carbons (Fsp3) is 0.389. The Morgan fingerprint density at radius 2 is 2.04 bits per heavy atom. The third kappa shape index (κ3) is 5.06. The number of rotatable bonds is 7. The van der Waals surface area contributed by atoms with Gasteiger partial charge in [0.15, 0.2) is 22.1 Å². The normalized spacial score (nSPS) is 10.6. The summed E-state index contributed by atoms with van der Waals surface area (Å²) in [5.41, 5.74) is 8.53. The molecule has 2 heterocycles. The molecule has 3 rings (SSSR count). The Bertz CT molecular complexity index is 884. The SMILES string of the molecule is CC.COc1ccc(C)c(Sc2nc3c(N)ncnc3n2CCNSC)c1. The van der Waals surface area contributed by atoms with Crippen LogP contribution in [-0.4, -0.2) is 39.4 Å². The van der Waals surface area contributed by atoms with Crippen LogP contribution in [0, 0.1) is 6.92 Å². The van der Waals surface area contributed by atoms with Gasteiger partial charge in [0.05, 0.1) is 7.11 Å². The van der Waals surface area contributed by atoms with Gasteiger partial charge in [-0.1, -0.05) is 43.6 Å². The van der Waals surface area contributed by atoms with E-state index in [4.69, 9.17) is 10.5 Å². The summed E-state index contributed by atoms with van der Waals surface area (Å²) in [5, 5.41) is 0.835. The Morgan fingerprint density at radius 1 is 1.26 bits per heavy atom. The lowest BCUT2D eigenvalue weighted by atomic mass is 10.2. The van der Waals surface area contributed by atoms with Gasteiger partial charge < -0.3 is 15.0 Å². The van der Waals surface area contributed by atoms with E-state index < -0.39 is 0 Å². The largest absolute Gasteiger partial charge is 0.497 e. The number of nitrogens with two attached hydrogens (primary N) is 1. The van der Waals surface area contributed by atoms with Crippen molar-refractivity contribution in [2.75, 3.05) is 25.6 Å². The highest BCUT2D eigenvalue weighted by atomic mass is 32.2. The second-order valence-electron chi connectivity index (χ2n) is 5.31. The van der Waals surface area contributed by atoms with Crippen LogP contribution in [0.2, 0.25) is 0 Å². The van der Waals surface area contributed by atoms with E-state index in [2.05, 4.69) is 31.2 Å². The molecule has 0 bridgehead atoms. The van der Waals surface area contributed by atoms with Gasteiger partial charge in [-0.3, -0.25) is 4.72 Å². The van der Waals surface area contributed by atoms with Gasteiger partial charge in [-0.05, 0) is 30.9 Å². The first-order chi connectivity index (χ1) is 13.1. The van der Waals surface area contributed by atoms with E-state index in [9.17, 15) is 0 Å². The zero-order valence-corrected chi connectivity index (χ0v) is 17.9. The molecule has 7 nitrogen and oxygen atoms in total. The second kappa shape index (κ2) is 10.4. The Labute approximate surface area is 168 Å². The summed E-state index contributed by atoms with van der Waals surface area (Å²) in [7, 11) is 1.67. The molecule has 0 radical (unpaired) electrons. The van der Waals surface area contributed by atoms with Gasteiger partial charge >= 0.3 is 0 Å². The summed E-state index contributed by atoms with van der Waals surface area (Å²) in [5.74, 6) is 1.21. The topological polar surface area (TPSA) is 90.9 Å². The van der Waals surface area contributed by atoms with Crippen LogP contribution in [-0.2, 0) is 6.54 Å². The Morgan fingerprint density at radius 3 is 2.74 bits per heavy atom. The maximum absolute atomic E-state index is 5.99. The predicted molar refractivity (Wildman–Crippen MR) is 114 cm³/mol. The zero-order chi connectivity index (χ0) is 19.8. The number of benzene rings is 1. The molecule has 0 aliphatic heterocycles. The molecule has 0 saturated heterocycles. The summed E-state index contributed by atoms with van der Waals surface area (Å²) in [6.07, 6.45) is 3.48. The van der Waals surface area contributed by atoms with Gasteiger partial charge in [-0.2, -0.15) is 0 Å². The molecule has 3 N–H and O–H groups in total. The summed E-state index contributed by atoms with van der Waals surface area (Å²) in [6.45, 7) is 7.60. The average Bonchev–Trinajstić information content (AvgIpc) is 3.04. The van der Waals surface area contributed by atoms with E-state index in [0.29, 0.717) is 11.3 Å². The first kappa shape index (κ1) is 21.3. The third-order valence-electron chi connectivity index (χ3n) is 3.70. The van der Waals surface area contributed by atoms with Crippen molar-refractivity contribution < 1.29 is 4.74 Å². The van der Waals surface area contributed by atoms with Gasteiger partial charge in [0.25, 0.3) is 0 Å². The Kier molecular flexibility index (Phi) is 8.21. The minimum Gasteiger partial charge on any atom is -0.497 e. The molecule has 27 heavy (non-hydrogen) atoms. The minimum absolute atomic E-state index is 0.394. The number of imidazole rings is 1. The van der Waals surface area contributed by atoms with E-state index in [-0.39, 0.29) is 0 Å². The van der Waals surface area contributed by atoms with Crippen LogP contribution >= 0.6 is 23.7 Å². The van der Waals surface area contributed by atoms with Crippen molar-refractivity contribution in [3.05, 3.63) is 30.1 Å². The highest BCUT2D eigenvalue weighted by Gasteiger charge is 2.16. The van der Waals surface area contributed by atoms with Crippen LogP contribution in [0.3, 0.4) is 0 Å². The Balaban J connectivity index is 0.00000126. The highest BCUT2D eigenvalue weighted by molar-refractivity contribution is 7.99. The van der Waals surface area contributed by atoms with Gasteiger partial charge in [-0.15, -0.1) is 0 Å². The van der Waals surface area contributed by atoms with Gasteiger partial charge in [-0.25, -0.2) is 15.0 Å². The first-order valence-electron chi connectivity index (χ1n) is 8.69. The number of hydrogen-bond donors (Lipinski definition) is 2. The van der Waals surface area contributed by atoms with Crippen molar-refractivity contribution in [3.8, 4) is 5.75 Å². The summed E-state index contributed by atoms with van der Waals surface area (Å²) < 4.78 is 10.7. The van der Waals surface area contributed by atoms with Crippen molar-refractivity contribution in [2.24, 2.45) is 0 Å². The average molecular weight is 407 g/mol. The summed E-state index contributed by atoms with van der Waals surface area (Å²) >= 11 is 3.16. The van der Waals surface area contributed by atoms with E-state index >= 15 is 0 Å². The molecule has 0 saturated carbocycles. The van der Waals surface area contributed by atoms with E-state index in [0.717, 1.165) is 40.1 Å². The molecule has 2 aromatic heterocycles. The number of nitrogen functional groups attached to an aromatic ring is 1. The van der Waals surface area contributed by atoms with Gasteiger partial charge in [0, 0.05) is 18.0 Å². The molecule has 9 heteroatoms. The Hall–Kier alpha value is -1.97. The molecule has 146 valence electrons. The van der Waals surface area contributed by atoms with Crippen molar-refractivity contribution in [3.63, 3.8) is 0 Å². The standard InChI is InChI=1S/C16H20N6OS2.C2H6/c1-10-4-5-11(23-2)8-12(10)25-16-21-13-14(17)18-9-19-15(13)22(16)7-6-20-24-3;1-2/h4-5,8-9,20H,6-7H2,1-3H3,(H2,17,18,19);1-2H3. The number of aryl methyl sites for hydroxylation is 1. The lowest BCUT2D eigenvalue weighted by Crippen LogP contribution is -2.14. The maximum Gasteiger partial charge on any atom is 0.175 e. The van der Waals surface area contributed by atoms with Crippen molar-refractivity contribution >= 4 is 40.7 Å². The molecule has 0 amide bonds. The molecule has 0 aliphatic rings. The molecular weight excluding hydrogens is 380 g/mol. The number of hydrogen-bond acceptors (Lipinski definition) is 8. The predicted octanol–water partition coefficient (Wildman–Crippen LogP) is 3.77. The number of fused-ring (bicyclic) bond motifs is 1. The van der Waals surface area contributed by atoms with Crippen LogP contribution in [0.25, 0.3) is 11.2 Å². The van der Waals surface area contributed by atoms with E-state index in [1.807, 2.05) is 38.3 Å². The minimum atomic E-state index is 0.394. The smallest absolute Gasteiger partial charge is 0.175 e. The third-order valence-corrected chi connectivity index (χ3v) is 5.35. The maximum atomic E-state index is 5.99. The van der Waals surface area contributed by atoms with Gasteiger partial charge in [0.2, 0.25) is 0 Å². The van der Waals surface area contributed by atoms with Crippen molar-refractivity contribution in [2.45, 2.75) is 37.4 Å². The molecule has 1 aromatic carbocycles. The highest BCUT2D eigenvalue weighted by Crippen LogP contribution is 2.34. The molecule has 0 aliphatic carbocycles. The molecular formula is C18H26N6OS2. The summed E-state index contributed by atoms with van der Waals surface area (Å²) in [6, 6.07) is 6.00. The number of methoxy groups -OCH3 is 1. The van der Waals surface area contributed by atoms with Crippen LogP contribution in [0.1, 0.15) is 19.4 Å². The van der Waals surface area contributed by atoms with E-state index in [1.165, 1.54) is 6.33 Å². The second-order valence-corrected chi connectivity index (χ2v) is 7.02. The first-order valence-corrected chi connectivity index (χ1v) is 10.7. The lowest BCUT2D eigenvalue weighted by Gasteiger charge is -2.10. The van der Waals surface area contributed by atoms with Crippen molar-refractivity contribution in [1.82, 2.24) is 24.2 Å². The fourth-order valence-corrected chi connectivity index (χ4v) is 3.71. The van der Waals surface area contributed by atoms with Crippen LogP contribution in [0.4, 0.5) is 5.82 Å². The van der Waals surface area contributed by atoms with Crippen molar-refractivity contribution in [1.29, 1.82) is 0 Å². The lowest BCUT2D eigenvalue weighted by molar-refractivity contribution is 0.413. The monoisotopic (exact) mass is 406 g/mol. The molecule has 0 unspecified atom stereocenters.